The number of hydrogen-bond donors (Lipinski definition) is 4. The summed E-state index contributed by atoms with van der Waals surface area (Å²) in [7, 11) is 1.75. The minimum atomic E-state index is -0.483. The summed E-state index contributed by atoms with van der Waals surface area (Å²) in [5, 5.41) is 3.80. The van der Waals surface area contributed by atoms with E-state index >= 15 is 0 Å². The number of benzene rings is 2. The summed E-state index contributed by atoms with van der Waals surface area (Å²) in [6.07, 6.45) is -0.00173. The number of aromatic amines is 1. The average Bonchev–Trinajstić information content (AvgIpc) is 3.22. The molecule has 36 heavy (non-hydrogen) atoms. The van der Waals surface area contributed by atoms with Gasteiger partial charge >= 0.3 is 6.09 Å². The highest BCUT2D eigenvalue weighted by molar-refractivity contribution is 6.11. The fraction of sp³-hybridized carbons (Fsp3) is 0.346. The Morgan fingerprint density at radius 2 is 1.61 bits per heavy atom. The van der Waals surface area contributed by atoms with Gasteiger partial charge < -0.3 is 36.3 Å². The first kappa shape index (κ1) is 26.4. The zero-order chi connectivity index (χ0) is 26.5. The first-order chi connectivity index (χ1) is 17.1. The molecule has 1 aliphatic rings. The van der Waals surface area contributed by atoms with Gasteiger partial charge in [-0.15, -0.1) is 0 Å². The van der Waals surface area contributed by atoms with E-state index in [0.29, 0.717) is 24.5 Å². The quantitative estimate of drug-likeness (QED) is 0.410. The van der Waals surface area contributed by atoms with Crippen LogP contribution in [0.1, 0.15) is 31.1 Å². The van der Waals surface area contributed by atoms with Gasteiger partial charge in [0.25, 0.3) is 5.91 Å². The molecule has 1 saturated heterocycles. The molecular formula is C26H34N6O4. The fourth-order valence-corrected chi connectivity index (χ4v) is 4.16. The number of rotatable bonds is 4. The maximum absolute atomic E-state index is 12.3. The van der Waals surface area contributed by atoms with Gasteiger partial charge in [0.05, 0.1) is 5.56 Å². The molecule has 2 heterocycles. The third-order valence-electron chi connectivity index (χ3n) is 5.79. The van der Waals surface area contributed by atoms with Crippen LogP contribution in [0.4, 0.5) is 16.3 Å². The van der Waals surface area contributed by atoms with E-state index in [-0.39, 0.29) is 12.5 Å². The molecule has 0 bridgehead atoms. The van der Waals surface area contributed by atoms with Gasteiger partial charge in [-0.1, -0.05) is 24.3 Å². The summed E-state index contributed by atoms with van der Waals surface area (Å²) in [6.45, 7) is 8.43. The molecule has 1 fully saturated rings. The second-order valence-electron chi connectivity index (χ2n) is 9.39. The van der Waals surface area contributed by atoms with Crippen LogP contribution in [0, 0.1) is 0 Å². The lowest BCUT2D eigenvalue weighted by Gasteiger charge is -2.36. The van der Waals surface area contributed by atoms with Crippen molar-refractivity contribution in [1.29, 1.82) is 0 Å². The van der Waals surface area contributed by atoms with Gasteiger partial charge in [-0.3, -0.25) is 9.59 Å². The first-order valence-electron chi connectivity index (χ1n) is 11.7. The van der Waals surface area contributed by atoms with E-state index in [1.165, 1.54) is 0 Å². The number of primary amides is 2. The first-order valence-corrected chi connectivity index (χ1v) is 11.7. The number of aromatic nitrogens is 1. The second kappa shape index (κ2) is 11.0. The summed E-state index contributed by atoms with van der Waals surface area (Å²) in [6, 6.07) is 14.3. The van der Waals surface area contributed by atoms with E-state index in [2.05, 4.69) is 45.2 Å². The van der Waals surface area contributed by atoms with Crippen molar-refractivity contribution in [3.63, 3.8) is 0 Å². The van der Waals surface area contributed by atoms with Crippen LogP contribution in [0.25, 0.3) is 22.0 Å². The molecule has 6 N–H and O–H groups in total. The zero-order valence-electron chi connectivity index (χ0n) is 21.1. The topological polar surface area (TPSA) is 147 Å². The number of ether oxygens (including phenoxy) is 1. The molecule has 10 heteroatoms. The van der Waals surface area contributed by atoms with E-state index in [4.69, 9.17) is 15.3 Å². The summed E-state index contributed by atoms with van der Waals surface area (Å²) in [5.74, 6) is 0.157. The minimum Gasteiger partial charge on any atom is -0.444 e. The smallest absolute Gasteiger partial charge is 0.410 e. The maximum atomic E-state index is 12.3. The molecule has 0 aliphatic carbocycles. The highest BCUT2D eigenvalue weighted by Gasteiger charge is 2.26. The van der Waals surface area contributed by atoms with Crippen LogP contribution < -0.4 is 21.7 Å². The van der Waals surface area contributed by atoms with Crippen molar-refractivity contribution in [2.75, 3.05) is 43.4 Å². The van der Waals surface area contributed by atoms with Gasteiger partial charge in [0, 0.05) is 49.8 Å². The molecule has 0 spiro atoms. The molecule has 2 aromatic carbocycles. The molecule has 3 amide bonds. The van der Waals surface area contributed by atoms with Gasteiger partial charge in [-0.2, -0.15) is 0 Å². The number of nitrogens with one attached hydrogen (secondary N) is 2. The predicted octanol–water partition coefficient (Wildman–Crippen LogP) is 3.13. The standard InChI is InChI=1S/C25H31N5O3.CH3NO/c1-25(2,3)33-24(32)30-13-11-29(12-14-30)18-8-5-16(6-9-18)17-7-10-19-20(15-17)28-23(27-4)21(19)22(26)31;2-1-3/h5-10,15,27-28H,11-14H2,1-4H3,(H2,26,31);1H,(H2,2,3). The number of nitrogens with two attached hydrogens (primary N) is 2. The number of H-pyrrole nitrogens is 1. The summed E-state index contributed by atoms with van der Waals surface area (Å²) in [5.41, 5.74) is 13.8. The molecule has 0 atom stereocenters. The average molecular weight is 495 g/mol. The SMILES string of the molecule is CNc1[nH]c2cc(-c3ccc(N4CCN(C(=O)OC(C)(C)C)CC4)cc3)ccc2c1C(N)=O.NC=O. The Kier molecular flexibility index (Phi) is 8.08. The molecule has 1 aliphatic heterocycles. The third kappa shape index (κ3) is 6.07. The van der Waals surface area contributed by atoms with E-state index in [1.54, 1.807) is 11.9 Å². The normalized spacial score (nSPS) is 13.6. The van der Waals surface area contributed by atoms with Crippen LogP contribution in [-0.2, 0) is 9.53 Å². The van der Waals surface area contributed by atoms with Gasteiger partial charge in [0.1, 0.15) is 11.4 Å². The lowest BCUT2D eigenvalue weighted by molar-refractivity contribution is -0.106. The Morgan fingerprint density at radius 3 is 2.14 bits per heavy atom. The molecule has 0 saturated carbocycles. The Bertz CT molecular complexity index is 1220. The van der Waals surface area contributed by atoms with Crippen LogP contribution >= 0.6 is 0 Å². The number of carbonyl (C=O) groups is 3. The maximum Gasteiger partial charge on any atom is 0.410 e. The number of carbonyl (C=O) groups excluding carboxylic acids is 3. The molecule has 1 aromatic heterocycles. The minimum absolute atomic E-state index is 0.250. The summed E-state index contributed by atoms with van der Waals surface area (Å²) < 4.78 is 5.48. The van der Waals surface area contributed by atoms with E-state index in [1.807, 2.05) is 39.0 Å². The highest BCUT2D eigenvalue weighted by Crippen LogP contribution is 2.31. The van der Waals surface area contributed by atoms with Crippen molar-refractivity contribution in [3.05, 3.63) is 48.0 Å². The number of nitrogens with zero attached hydrogens (tertiary/aromatic N) is 2. The van der Waals surface area contributed by atoms with Crippen LogP contribution in [-0.4, -0.2) is 67.1 Å². The molecule has 192 valence electrons. The van der Waals surface area contributed by atoms with Crippen molar-refractivity contribution < 1.29 is 19.1 Å². The summed E-state index contributed by atoms with van der Waals surface area (Å²) >= 11 is 0. The van der Waals surface area contributed by atoms with Crippen LogP contribution in [0.5, 0.6) is 0 Å². The second-order valence-corrected chi connectivity index (χ2v) is 9.39. The van der Waals surface area contributed by atoms with Crippen molar-refractivity contribution >= 4 is 40.8 Å². The highest BCUT2D eigenvalue weighted by atomic mass is 16.6. The Hall–Kier alpha value is -4.21. The van der Waals surface area contributed by atoms with Crippen LogP contribution in [0.15, 0.2) is 42.5 Å². The molecule has 0 radical (unpaired) electrons. The van der Waals surface area contributed by atoms with Crippen molar-refractivity contribution in [1.82, 2.24) is 9.88 Å². The number of amides is 3. The molecule has 4 rings (SSSR count). The van der Waals surface area contributed by atoms with Crippen LogP contribution in [0.2, 0.25) is 0 Å². The monoisotopic (exact) mass is 494 g/mol. The fourth-order valence-electron chi connectivity index (χ4n) is 4.16. The van der Waals surface area contributed by atoms with Gasteiger partial charge in [0.2, 0.25) is 6.41 Å². The molecule has 0 unspecified atom stereocenters. The Labute approximate surface area is 210 Å². The van der Waals surface area contributed by atoms with Crippen LogP contribution in [0.3, 0.4) is 0 Å². The zero-order valence-corrected chi connectivity index (χ0v) is 21.1. The number of anilines is 2. The van der Waals surface area contributed by atoms with Crippen molar-refractivity contribution in [2.24, 2.45) is 11.5 Å². The van der Waals surface area contributed by atoms with Crippen molar-refractivity contribution in [2.45, 2.75) is 26.4 Å². The van der Waals surface area contributed by atoms with Gasteiger partial charge in [-0.25, -0.2) is 4.79 Å². The molecule has 10 nitrogen and oxygen atoms in total. The lowest BCUT2D eigenvalue weighted by Crippen LogP contribution is -2.50. The van der Waals surface area contributed by atoms with E-state index < -0.39 is 11.5 Å². The van der Waals surface area contributed by atoms with Gasteiger partial charge in [0.15, 0.2) is 0 Å². The van der Waals surface area contributed by atoms with E-state index in [9.17, 15) is 9.59 Å². The van der Waals surface area contributed by atoms with E-state index in [0.717, 1.165) is 40.8 Å². The Morgan fingerprint density at radius 1 is 1.03 bits per heavy atom. The number of hydrogen-bond acceptors (Lipinski definition) is 6. The number of fused-ring (bicyclic) bond motifs is 1. The Balaban J connectivity index is 0.00000115. The van der Waals surface area contributed by atoms with Crippen molar-refractivity contribution in [3.8, 4) is 11.1 Å². The molecule has 3 aromatic rings. The third-order valence-corrected chi connectivity index (χ3v) is 5.79. The lowest BCUT2D eigenvalue weighted by atomic mass is 10.0. The summed E-state index contributed by atoms with van der Waals surface area (Å²) in [4.78, 5) is 40.0. The van der Waals surface area contributed by atoms with Gasteiger partial charge in [-0.05, 0) is 50.1 Å². The predicted molar refractivity (Wildman–Crippen MR) is 142 cm³/mol. The molecular weight excluding hydrogens is 460 g/mol. The largest absolute Gasteiger partial charge is 0.444 e. The number of piperazine rings is 1.